The van der Waals surface area contributed by atoms with Crippen LogP contribution in [0.2, 0.25) is 0 Å². The van der Waals surface area contributed by atoms with Crippen LogP contribution in [0, 0.1) is 0 Å². The number of anilines is 2. The third kappa shape index (κ3) is 4.84. The van der Waals surface area contributed by atoms with Crippen LogP contribution in [0.15, 0.2) is 42.5 Å². The average Bonchev–Trinajstić information content (AvgIpc) is 2.66. The van der Waals surface area contributed by atoms with E-state index < -0.39 is 16.1 Å². The van der Waals surface area contributed by atoms with Gasteiger partial charge in [-0.2, -0.15) is 0 Å². The fourth-order valence-corrected chi connectivity index (χ4v) is 3.75. The third-order valence-electron chi connectivity index (χ3n) is 4.98. The summed E-state index contributed by atoms with van der Waals surface area (Å²) in [6.45, 7) is 1.70. The molecule has 0 spiro atoms. The molecule has 0 saturated heterocycles. The van der Waals surface area contributed by atoms with Gasteiger partial charge in [0, 0.05) is 12.7 Å². The lowest BCUT2D eigenvalue weighted by atomic mass is 9.92. The number of rotatable bonds is 6. The Morgan fingerprint density at radius 1 is 1.11 bits per heavy atom. The summed E-state index contributed by atoms with van der Waals surface area (Å²) in [6.07, 6.45) is 5.01. The molecule has 1 atom stereocenters. The molecule has 0 aromatic heterocycles. The van der Waals surface area contributed by atoms with E-state index in [0.29, 0.717) is 17.1 Å². The zero-order chi connectivity index (χ0) is 20.3. The predicted molar refractivity (Wildman–Crippen MR) is 111 cm³/mol. The number of fused-ring (bicyclic) bond motifs is 1. The van der Waals surface area contributed by atoms with E-state index in [-0.39, 0.29) is 5.91 Å². The summed E-state index contributed by atoms with van der Waals surface area (Å²) in [6, 6.07) is 12.7. The third-order valence-corrected chi connectivity index (χ3v) is 6.18. The second-order valence-corrected chi connectivity index (χ2v) is 9.18. The first-order chi connectivity index (χ1) is 13.2. The number of sulfonamides is 1. The Kier molecular flexibility index (Phi) is 5.93. The van der Waals surface area contributed by atoms with Gasteiger partial charge in [-0.15, -0.1) is 0 Å². The number of hydrogen-bond donors (Lipinski definition) is 1. The summed E-state index contributed by atoms with van der Waals surface area (Å²) in [4.78, 5) is 12.5. The van der Waals surface area contributed by atoms with Crippen molar-refractivity contribution in [3.8, 4) is 5.75 Å². The Morgan fingerprint density at radius 2 is 1.82 bits per heavy atom. The van der Waals surface area contributed by atoms with Crippen LogP contribution in [-0.4, -0.2) is 33.7 Å². The van der Waals surface area contributed by atoms with E-state index in [1.165, 1.54) is 31.0 Å². The highest BCUT2D eigenvalue weighted by Crippen LogP contribution is 2.26. The van der Waals surface area contributed by atoms with Gasteiger partial charge in [0.15, 0.2) is 6.10 Å². The number of nitrogens with one attached hydrogen (secondary N) is 1. The normalized spacial score (nSPS) is 14.7. The number of carbonyl (C=O) groups is 1. The van der Waals surface area contributed by atoms with Crippen LogP contribution in [0.3, 0.4) is 0 Å². The van der Waals surface area contributed by atoms with Gasteiger partial charge < -0.3 is 10.1 Å². The Bertz CT molecular complexity index is 972. The molecular weight excluding hydrogens is 376 g/mol. The summed E-state index contributed by atoms with van der Waals surface area (Å²) in [5.41, 5.74) is 3.65. The van der Waals surface area contributed by atoms with Crippen molar-refractivity contribution in [1.29, 1.82) is 0 Å². The summed E-state index contributed by atoms with van der Waals surface area (Å²) in [7, 11) is -1.90. The van der Waals surface area contributed by atoms with Gasteiger partial charge in [-0.25, -0.2) is 8.42 Å². The zero-order valence-electron chi connectivity index (χ0n) is 16.4. The largest absolute Gasteiger partial charge is 0.481 e. The van der Waals surface area contributed by atoms with E-state index in [0.717, 1.165) is 23.4 Å². The van der Waals surface area contributed by atoms with Crippen molar-refractivity contribution < 1.29 is 17.9 Å². The highest BCUT2D eigenvalue weighted by atomic mass is 32.2. The van der Waals surface area contributed by atoms with Crippen LogP contribution in [0.25, 0.3) is 0 Å². The lowest BCUT2D eigenvalue weighted by Crippen LogP contribution is -2.30. The molecule has 0 unspecified atom stereocenters. The highest BCUT2D eigenvalue weighted by molar-refractivity contribution is 7.92. The van der Waals surface area contributed by atoms with Gasteiger partial charge >= 0.3 is 0 Å². The fraction of sp³-hybridized carbons (Fsp3) is 0.381. The summed E-state index contributed by atoms with van der Waals surface area (Å²) < 4.78 is 30.4. The molecule has 1 N–H and O–H groups in total. The maximum Gasteiger partial charge on any atom is 0.265 e. The topological polar surface area (TPSA) is 75.7 Å². The molecule has 1 aliphatic rings. The molecule has 1 aliphatic carbocycles. The van der Waals surface area contributed by atoms with Crippen molar-refractivity contribution in [2.24, 2.45) is 0 Å². The number of carbonyl (C=O) groups excluding carboxylic acids is 1. The summed E-state index contributed by atoms with van der Waals surface area (Å²) in [5.74, 6) is 0.394. The first-order valence-electron chi connectivity index (χ1n) is 9.37. The molecular formula is C21H26N2O4S. The fourth-order valence-electron chi connectivity index (χ4n) is 3.26. The van der Waals surface area contributed by atoms with Crippen molar-refractivity contribution in [1.82, 2.24) is 0 Å². The number of amides is 1. The highest BCUT2D eigenvalue weighted by Gasteiger charge is 2.18. The minimum absolute atomic E-state index is 0.295. The molecule has 0 saturated carbocycles. The first-order valence-corrected chi connectivity index (χ1v) is 11.2. The summed E-state index contributed by atoms with van der Waals surface area (Å²) in [5, 5.41) is 2.79. The molecule has 2 aromatic carbocycles. The van der Waals surface area contributed by atoms with E-state index >= 15 is 0 Å². The van der Waals surface area contributed by atoms with Crippen LogP contribution in [0.1, 0.15) is 30.9 Å². The zero-order valence-corrected chi connectivity index (χ0v) is 17.3. The second-order valence-electron chi connectivity index (χ2n) is 7.17. The van der Waals surface area contributed by atoms with Crippen molar-refractivity contribution in [2.45, 2.75) is 38.7 Å². The molecule has 0 radical (unpaired) electrons. The molecule has 3 rings (SSSR count). The lowest BCUT2D eigenvalue weighted by Gasteiger charge is -2.20. The number of aryl methyl sites for hydroxylation is 2. The van der Waals surface area contributed by atoms with Gasteiger partial charge in [0.1, 0.15) is 5.75 Å². The minimum atomic E-state index is -3.37. The van der Waals surface area contributed by atoms with Crippen molar-refractivity contribution in [3.63, 3.8) is 0 Å². The van der Waals surface area contributed by atoms with Gasteiger partial charge in [-0.05, 0) is 74.1 Å². The van der Waals surface area contributed by atoms with Gasteiger partial charge in [0.2, 0.25) is 10.0 Å². The Hall–Kier alpha value is -2.54. The van der Waals surface area contributed by atoms with Crippen molar-refractivity contribution in [3.05, 3.63) is 53.6 Å². The summed E-state index contributed by atoms with van der Waals surface area (Å²) >= 11 is 0. The van der Waals surface area contributed by atoms with Crippen LogP contribution >= 0.6 is 0 Å². The molecule has 0 heterocycles. The van der Waals surface area contributed by atoms with Crippen LogP contribution in [-0.2, 0) is 27.7 Å². The quantitative estimate of drug-likeness (QED) is 0.804. The number of ether oxygens (including phenoxy) is 1. The average molecular weight is 403 g/mol. The maximum absolute atomic E-state index is 12.5. The van der Waals surface area contributed by atoms with Gasteiger partial charge in [-0.3, -0.25) is 9.10 Å². The van der Waals surface area contributed by atoms with E-state index in [4.69, 9.17) is 4.74 Å². The molecule has 0 fully saturated rings. The molecule has 2 aromatic rings. The van der Waals surface area contributed by atoms with Crippen molar-refractivity contribution in [2.75, 3.05) is 22.9 Å². The monoisotopic (exact) mass is 402 g/mol. The molecule has 7 heteroatoms. The second kappa shape index (κ2) is 8.22. The molecule has 150 valence electrons. The maximum atomic E-state index is 12.5. The SMILES string of the molecule is C[C@@H](Oc1ccc2c(c1)CCCC2)C(=O)Nc1cccc(N(C)S(C)(=O)=O)c1. The van der Waals surface area contributed by atoms with Crippen molar-refractivity contribution >= 4 is 27.3 Å². The van der Waals surface area contributed by atoms with E-state index in [9.17, 15) is 13.2 Å². The number of benzene rings is 2. The minimum Gasteiger partial charge on any atom is -0.481 e. The van der Waals surface area contributed by atoms with E-state index in [2.05, 4.69) is 11.4 Å². The first kappa shape index (κ1) is 20.2. The van der Waals surface area contributed by atoms with Gasteiger partial charge in [0.25, 0.3) is 5.91 Å². The molecule has 1 amide bonds. The van der Waals surface area contributed by atoms with Crippen LogP contribution in [0.4, 0.5) is 11.4 Å². The standard InChI is InChI=1S/C21H26N2O4S/c1-15(27-20-12-11-16-7-4-5-8-17(16)13-20)21(24)22-18-9-6-10-19(14-18)23(2)28(3,25)26/h6,9-15H,4-5,7-8H2,1-3H3,(H,22,24)/t15-/m1/s1. The van der Waals surface area contributed by atoms with Crippen LogP contribution in [0.5, 0.6) is 5.75 Å². The van der Waals surface area contributed by atoms with E-state index in [1.54, 1.807) is 31.2 Å². The molecule has 0 bridgehead atoms. The molecule has 6 nitrogen and oxygen atoms in total. The smallest absolute Gasteiger partial charge is 0.265 e. The number of nitrogens with zero attached hydrogens (tertiary/aromatic N) is 1. The Balaban J connectivity index is 1.66. The Labute approximate surface area is 166 Å². The Morgan fingerprint density at radius 3 is 2.54 bits per heavy atom. The van der Waals surface area contributed by atoms with Crippen LogP contribution < -0.4 is 14.4 Å². The predicted octanol–water partition coefficient (Wildman–Crippen LogP) is 3.37. The molecule has 0 aliphatic heterocycles. The number of hydrogen-bond acceptors (Lipinski definition) is 4. The van der Waals surface area contributed by atoms with Gasteiger partial charge in [-0.1, -0.05) is 12.1 Å². The van der Waals surface area contributed by atoms with E-state index in [1.807, 2.05) is 12.1 Å². The van der Waals surface area contributed by atoms with Gasteiger partial charge in [0.05, 0.1) is 11.9 Å². The molecule has 28 heavy (non-hydrogen) atoms. The lowest BCUT2D eigenvalue weighted by molar-refractivity contribution is -0.122.